The average molecular weight is 309 g/mol. The van der Waals surface area contributed by atoms with Crippen molar-refractivity contribution in [1.82, 2.24) is 15.2 Å². The van der Waals surface area contributed by atoms with Crippen molar-refractivity contribution in [2.24, 2.45) is 5.92 Å². The molecule has 2 aromatic heterocycles. The zero-order valence-corrected chi connectivity index (χ0v) is 13.2. The Balaban J connectivity index is 1.70. The van der Waals surface area contributed by atoms with E-state index in [1.807, 2.05) is 13.0 Å². The molecule has 0 amide bonds. The maximum Gasteiger partial charge on any atom is 0.224 e. The van der Waals surface area contributed by atoms with E-state index in [2.05, 4.69) is 26.2 Å². The number of fused-ring (bicyclic) bond motifs is 1. The van der Waals surface area contributed by atoms with Crippen LogP contribution in [0, 0.1) is 17.2 Å². The number of pyridine rings is 1. The summed E-state index contributed by atoms with van der Waals surface area (Å²) in [4.78, 5) is 6.66. The summed E-state index contributed by atoms with van der Waals surface area (Å²) in [6, 6.07) is 5.88. The van der Waals surface area contributed by atoms with Gasteiger partial charge in [0.25, 0.3) is 0 Å². The highest BCUT2D eigenvalue weighted by atomic mass is 16.4. The van der Waals surface area contributed by atoms with E-state index >= 15 is 0 Å². The van der Waals surface area contributed by atoms with Crippen molar-refractivity contribution in [2.45, 2.75) is 38.0 Å². The van der Waals surface area contributed by atoms with Crippen molar-refractivity contribution in [3.63, 3.8) is 0 Å². The number of aromatic nitrogens is 3. The quantitative estimate of drug-likeness (QED) is 0.866. The third-order valence-corrected chi connectivity index (χ3v) is 5.27. The molecule has 2 aromatic rings. The van der Waals surface area contributed by atoms with Gasteiger partial charge in [0.05, 0.1) is 11.0 Å². The second-order valence-electron chi connectivity index (χ2n) is 6.47. The zero-order valence-electron chi connectivity index (χ0n) is 13.2. The first kappa shape index (κ1) is 14.2. The number of hydrogen-bond donors (Lipinski definition) is 0. The predicted octanol–water partition coefficient (Wildman–Crippen LogP) is 2.46. The van der Waals surface area contributed by atoms with Gasteiger partial charge in [-0.3, -0.25) is 0 Å². The van der Waals surface area contributed by atoms with Crippen molar-refractivity contribution in [1.29, 1.82) is 5.26 Å². The number of nitrogens with zero attached hydrogens (tertiary/aromatic N) is 5. The summed E-state index contributed by atoms with van der Waals surface area (Å²) >= 11 is 0. The molecule has 2 atom stereocenters. The lowest BCUT2D eigenvalue weighted by Gasteiger charge is -2.25. The summed E-state index contributed by atoms with van der Waals surface area (Å²) in [7, 11) is 0. The third-order valence-electron chi connectivity index (χ3n) is 5.27. The molecule has 118 valence electrons. The van der Waals surface area contributed by atoms with E-state index in [9.17, 15) is 5.26 Å². The minimum Gasteiger partial charge on any atom is -0.425 e. The highest BCUT2D eigenvalue weighted by Gasteiger charge is 2.54. The Hall–Kier alpha value is -2.42. The van der Waals surface area contributed by atoms with Gasteiger partial charge in [0.1, 0.15) is 11.9 Å². The van der Waals surface area contributed by atoms with Gasteiger partial charge in [0.2, 0.25) is 11.8 Å². The molecule has 0 radical (unpaired) electrons. The summed E-state index contributed by atoms with van der Waals surface area (Å²) in [5, 5.41) is 17.8. The van der Waals surface area contributed by atoms with E-state index in [4.69, 9.17) is 4.42 Å². The zero-order chi connectivity index (χ0) is 15.9. The monoisotopic (exact) mass is 309 g/mol. The van der Waals surface area contributed by atoms with Crippen LogP contribution in [0.1, 0.15) is 43.5 Å². The smallest absolute Gasteiger partial charge is 0.224 e. The highest BCUT2D eigenvalue weighted by molar-refractivity contribution is 5.55. The van der Waals surface area contributed by atoms with Gasteiger partial charge < -0.3 is 9.32 Å². The molecule has 6 heteroatoms. The maximum absolute atomic E-state index is 9.34. The van der Waals surface area contributed by atoms with Crippen LogP contribution < -0.4 is 4.90 Å². The van der Waals surface area contributed by atoms with Gasteiger partial charge in [-0.1, -0.05) is 13.3 Å². The Morgan fingerprint density at radius 2 is 2.39 bits per heavy atom. The van der Waals surface area contributed by atoms with Crippen molar-refractivity contribution >= 4 is 5.82 Å². The number of anilines is 1. The lowest BCUT2D eigenvalue weighted by Crippen LogP contribution is -2.32. The van der Waals surface area contributed by atoms with Gasteiger partial charge in [0.15, 0.2) is 0 Å². The van der Waals surface area contributed by atoms with Crippen molar-refractivity contribution in [3.8, 4) is 6.07 Å². The molecule has 1 aliphatic carbocycles. The van der Waals surface area contributed by atoms with Crippen molar-refractivity contribution in [2.75, 3.05) is 18.0 Å². The standard InChI is InChI=1S/C17H19N5O/c1-2-14-20-21-16(23-14)17-7-3-6-13(17)10-22(11-17)15-12(9-18)5-4-8-19-15/h4-5,8,13H,2-3,6-7,10-11H2,1H3/t13-,17-/m0/s1. The molecule has 0 spiro atoms. The van der Waals surface area contributed by atoms with Crippen LogP contribution in [0.4, 0.5) is 5.82 Å². The van der Waals surface area contributed by atoms with Crippen LogP contribution in [0.15, 0.2) is 22.7 Å². The molecule has 0 bridgehead atoms. The minimum atomic E-state index is -0.0787. The molecule has 2 aliphatic rings. The fraction of sp³-hybridized carbons (Fsp3) is 0.529. The number of aryl methyl sites for hydroxylation is 1. The summed E-state index contributed by atoms with van der Waals surface area (Å²) in [5.74, 6) is 2.74. The van der Waals surface area contributed by atoms with E-state index in [1.165, 1.54) is 6.42 Å². The molecule has 1 aliphatic heterocycles. The molecule has 4 rings (SSSR count). The van der Waals surface area contributed by atoms with Crippen LogP contribution in [0.5, 0.6) is 0 Å². The lowest BCUT2D eigenvalue weighted by molar-refractivity contribution is 0.297. The van der Waals surface area contributed by atoms with Crippen LogP contribution in [0.25, 0.3) is 0 Å². The fourth-order valence-electron chi connectivity index (χ4n) is 4.13. The van der Waals surface area contributed by atoms with Gasteiger partial charge in [-0.2, -0.15) is 5.26 Å². The minimum absolute atomic E-state index is 0.0787. The number of hydrogen-bond acceptors (Lipinski definition) is 6. The first-order valence-electron chi connectivity index (χ1n) is 8.20. The molecule has 0 unspecified atom stereocenters. The molecule has 0 aromatic carbocycles. The van der Waals surface area contributed by atoms with Crippen molar-refractivity contribution in [3.05, 3.63) is 35.7 Å². The van der Waals surface area contributed by atoms with Gasteiger partial charge in [-0.05, 0) is 30.9 Å². The molecule has 1 saturated carbocycles. The van der Waals surface area contributed by atoms with Crippen LogP contribution in [-0.4, -0.2) is 28.3 Å². The molecule has 6 nitrogen and oxygen atoms in total. The van der Waals surface area contributed by atoms with Gasteiger partial charge in [-0.15, -0.1) is 10.2 Å². The Labute approximate surface area is 135 Å². The normalized spacial score (nSPS) is 26.3. The van der Waals surface area contributed by atoms with Crippen LogP contribution in [-0.2, 0) is 11.8 Å². The third kappa shape index (κ3) is 2.11. The maximum atomic E-state index is 9.34. The van der Waals surface area contributed by atoms with E-state index < -0.39 is 0 Å². The number of rotatable bonds is 3. The second-order valence-corrected chi connectivity index (χ2v) is 6.47. The molecular weight excluding hydrogens is 290 g/mol. The van der Waals surface area contributed by atoms with E-state index in [-0.39, 0.29) is 5.41 Å². The lowest BCUT2D eigenvalue weighted by atomic mass is 9.80. The van der Waals surface area contributed by atoms with Crippen LogP contribution in [0.3, 0.4) is 0 Å². The topological polar surface area (TPSA) is 78.8 Å². The van der Waals surface area contributed by atoms with Crippen molar-refractivity contribution < 1.29 is 4.42 Å². The first-order valence-corrected chi connectivity index (χ1v) is 8.20. The Kier molecular flexibility index (Phi) is 3.29. The molecular formula is C17H19N5O. The Morgan fingerprint density at radius 3 is 3.17 bits per heavy atom. The summed E-state index contributed by atoms with van der Waals surface area (Å²) < 4.78 is 5.93. The van der Waals surface area contributed by atoms with Gasteiger partial charge >= 0.3 is 0 Å². The largest absolute Gasteiger partial charge is 0.425 e. The van der Waals surface area contributed by atoms with Gasteiger partial charge in [-0.25, -0.2) is 4.98 Å². The predicted molar refractivity (Wildman–Crippen MR) is 83.9 cm³/mol. The molecule has 2 fully saturated rings. The summed E-state index contributed by atoms with van der Waals surface area (Å²) in [5.41, 5.74) is 0.549. The van der Waals surface area contributed by atoms with E-state index in [0.29, 0.717) is 17.4 Å². The summed E-state index contributed by atoms with van der Waals surface area (Å²) in [6.45, 7) is 3.72. The second kappa shape index (κ2) is 5.34. The Bertz CT molecular complexity index is 764. The van der Waals surface area contributed by atoms with E-state index in [0.717, 1.165) is 44.1 Å². The van der Waals surface area contributed by atoms with Gasteiger partial charge in [0, 0.05) is 25.7 Å². The Morgan fingerprint density at radius 1 is 1.48 bits per heavy atom. The summed E-state index contributed by atoms with van der Waals surface area (Å²) in [6.07, 6.45) is 5.92. The first-order chi connectivity index (χ1) is 11.3. The SMILES string of the molecule is CCc1nnc([C@]23CCC[C@H]2CN(c2ncccc2C#N)C3)o1. The molecule has 23 heavy (non-hydrogen) atoms. The molecule has 0 N–H and O–H groups in total. The number of nitriles is 1. The average Bonchev–Trinajstić information content (AvgIpc) is 3.27. The van der Waals surface area contributed by atoms with Crippen LogP contribution in [0.2, 0.25) is 0 Å². The molecule has 1 saturated heterocycles. The van der Waals surface area contributed by atoms with E-state index in [1.54, 1.807) is 12.3 Å². The molecule has 3 heterocycles. The van der Waals surface area contributed by atoms with Crippen LogP contribution >= 0.6 is 0 Å². The highest BCUT2D eigenvalue weighted by Crippen LogP contribution is 2.50. The fourth-order valence-corrected chi connectivity index (χ4v) is 4.13.